The zero-order valence-corrected chi connectivity index (χ0v) is 8.61. The number of nitrogens with zero attached hydrogens (tertiary/aromatic N) is 2. The molecule has 94 valence electrons. The van der Waals surface area contributed by atoms with E-state index in [1.165, 1.54) is 18.3 Å². The molecule has 0 aliphatic carbocycles. The number of rotatable bonds is 5. The maximum Gasteiger partial charge on any atom is 0.389 e. The molecule has 1 rings (SSSR count). The van der Waals surface area contributed by atoms with Crippen LogP contribution in [0.4, 0.5) is 19.0 Å². The number of ketones is 1. The van der Waals surface area contributed by atoms with Crippen molar-refractivity contribution in [2.75, 3.05) is 0 Å². The number of Topliss-reactive ketones (excluding diaryl/α,β-unsaturated/α-hetero) is 1. The zero-order valence-electron chi connectivity index (χ0n) is 8.61. The van der Waals surface area contributed by atoms with Gasteiger partial charge in [0.15, 0.2) is 5.78 Å². The van der Waals surface area contributed by atoms with Crippen molar-refractivity contribution >= 4 is 11.6 Å². The minimum Gasteiger partial charge on any atom is -0.358 e. The predicted octanol–water partition coefficient (Wildman–Crippen LogP) is 2.31. The number of hydrogen-bond donors (Lipinski definition) is 0. The maximum absolute atomic E-state index is 11.8. The summed E-state index contributed by atoms with van der Waals surface area (Å²) in [7, 11) is 0. The third-order valence-corrected chi connectivity index (χ3v) is 2.03. The monoisotopic (exact) mass is 250 g/mol. The van der Waals surface area contributed by atoms with E-state index in [-0.39, 0.29) is 5.82 Å². The fourth-order valence-electron chi connectivity index (χ4n) is 1.25. The average molecular weight is 250 g/mol. The van der Waals surface area contributed by atoms with Gasteiger partial charge in [-0.1, -0.05) is 0 Å². The van der Waals surface area contributed by atoms with Crippen LogP contribution in [-0.4, -0.2) is 21.4 Å². The lowest BCUT2D eigenvalue weighted by Gasteiger charge is -2.05. The Morgan fingerprint density at radius 2 is 2.12 bits per heavy atom. The van der Waals surface area contributed by atoms with Gasteiger partial charge >= 0.3 is 12.0 Å². The van der Waals surface area contributed by atoms with Crippen molar-refractivity contribution in [2.24, 2.45) is 0 Å². The van der Waals surface area contributed by atoms with Crippen molar-refractivity contribution < 1.29 is 22.9 Å². The summed E-state index contributed by atoms with van der Waals surface area (Å²) in [5, 5.41) is 10.5. The number of alkyl halides is 3. The Morgan fingerprint density at radius 1 is 1.47 bits per heavy atom. The number of halogens is 3. The van der Waals surface area contributed by atoms with E-state index in [2.05, 4.69) is 0 Å². The SMILES string of the molecule is O=C(CCC(F)(F)F)Cn1cccc1[N+](=O)[O-]. The third kappa shape index (κ3) is 4.25. The largest absolute Gasteiger partial charge is 0.389 e. The predicted molar refractivity (Wildman–Crippen MR) is 51.4 cm³/mol. The molecule has 0 aliphatic rings. The summed E-state index contributed by atoms with van der Waals surface area (Å²) in [5.41, 5.74) is 0. The molecular weight excluding hydrogens is 241 g/mol. The number of carbonyl (C=O) groups excluding carboxylic acids is 1. The van der Waals surface area contributed by atoms with E-state index in [0.717, 1.165) is 4.57 Å². The number of aromatic nitrogens is 1. The van der Waals surface area contributed by atoms with Crippen LogP contribution in [0.15, 0.2) is 18.3 Å². The first-order valence-electron chi connectivity index (χ1n) is 4.67. The Hall–Kier alpha value is -1.86. The molecule has 0 N–H and O–H groups in total. The third-order valence-electron chi connectivity index (χ3n) is 2.03. The van der Waals surface area contributed by atoms with E-state index in [9.17, 15) is 28.1 Å². The van der Waals surface area contributed by atoms with Crippen LogP contribution in [0.3, 0.4) is 0 Å². The normalized spacial score (nSPS) is 11.5. The molecular formula is C9H9F3N2O3. The van der Waals surface area contributed by atoms with E-state index in [4.69, 9.17) is 0 Å². The fourth-order valence-corrected chi connectivity index (χ4v) is 1.25. The van der Waals surface area contributed by atoms with Crippen LogP contribution >= 0.6 is 0 Å². The Kier molecular flexibility index (Phi) is 3.87. The lowest BCUT2D eigenvalue weighted by atomic mass is 10.2. The molecule has 0 unspecified atom stereocenters. The Bertz CT molecular complexity index is 425. The highest BCUT2D eigenvalue weighted by molar-refractivity contribution is 5.78. The summed E-state index contributed by atoms with van der Waals surface area (Å²) < 4.78 is 36.5. The zero-order chi connectivity index (χ0) is 13.1. The van der Waals surface area contributed by atoms with Gasteiger partial charge in [0.25, 0.3) is 0 Å². The van der Waals surface area contributed by atoms with Gasteiger partial charge in [-0.3, -0.25) is 4.79 Å². The highest BCUT2D eigenvalue weighted by atomic mass is 19.4. The van der Waals surface area contributed by atoms with E-state index < -0.39 is 36.3 Å². The molecule has 0 atom stereocenters. The lowest BCUT2D eigenvalue weighted by Crippen LogP contribution is -2.15. The molecule has 0 amide bonds. The van der Waals surface area contributed by atoms with Crippen LogP contribution in [-0.2, 0) is 11.3 Å². The molecule has 5 nitrogen and oxygen atoms in total. The van der Waals surface area contributed by atoms with E-state index in [1.54, 1.807) is 0 Å². The van der Waals surface area contributed by atoms with Gasteiger partial charge in [0.1, 0.15) is 6.54 Å². The molecule has 0 aliphatic heterocycles. The number of carbonyl (C=O) groups is 1. The van der Waals surface area contributed by atoms with Crippen LogP contribution in [0, 0.1) is 10.1 Å². The summed E-state index contributed by atoms with van der Waals surface area (Å²) >= 11 is 0. The van der Waals surface area contributed by atoms with Crippen LogP contribution in [0.1, 0.15) is 12.8 Å². The van der Waals surface area contributed by atoms with Gasteiger partial charge in [-0.25, -0.2) is 4.57 Å². The first kappa shape index (κ1) is 13.2. The average Bonchev–Trinajstić information content (AvgIpc) is 2.62. The van der Waals surface area contributed by atoms with Crippen molar-refractivity contribution in [3.8, 4) is 0 Å². The van der Waals surface area contributed by atoms with Gasteiger partial charge in [0, 0.05) is 12.5 Å². The first-order chi connectivity index (χ1) is 7.79. The second kappa shape index (κ2) is 4.98. The summed E-state index contributed by atoms with van der Waals surface area (Å²) in [6.07, 6.45) is -4.98. The van der Waals surface area contributed by atoms with Crippen molar-refractivity contribution in [2.45, 2.75) is 25.6 Å². The molecule has 17 heavy (non-hydrogen) atoms. The molecule has 1 aromatic rings. The number of hydrogen-bond acceptors (Lipinski definition) is 3. The smallest absolute Gasteiger partial charge is 0.358 e. The fraction of sp³-hybridized carbons (Fsp3) is 0.444. The summed E-state index contributed by atoms with van der Waals surface area (Å²) in [4.78, 5) is 21.0. The highest BCUT2D eigenvalue weighted by Gasteiger charge is 2.28. The molecule has 1 aromatic heterocycles. The standard InChI is InChI=1S/C9H9F3N2O3/c10-9(11,12)4-3-7(15)6-13-5-1-2-8(13)14(16)17/h1-2,5H,3-4,6H2. The van der Waals surface area contributed by atoms with E-state index in [0.29, 0.717) is 0 Å². The number of nitro groups is 1. The lowest BCUT2D eigenvalue weighted by molar-refractivity contribution is -0.391. The molecule has 0 radical (unpaired) electrons. The van der Waals surface area contributed by atoms with Gasteiger partial charge in [0.05, 0.1) is 12.6 Å². The van der Waals surface area contributed by atoms with Gasteiger partial charge < -0.3 is 10.1 Å². The summed E-state index contributed by atoms with van der Waals surface area (Å²) in [6.45, 7) is -0.417. The quantitative estimate of drug-likeness (QED) is 0.595. The highest BCUT2D eigenvalue weighted by Crippen LogP contribution is 2.22. The minimum atomic E-state index is -4.39. The molecule has 1 heterocycles. The van der Waals surface area contributed by atoms with Crippen LogP contribution in [0.25, 0.3) is 0 Å². The minimum absolute atomic E-state index is 0.314. The second-order valence-corrected chi connectivity index (χ2v) is 3.41. The molecule has 0 spiro atoms. The van der Waals surface area contributed by atoms with Crippen LogP contribution in [0.2, 0.25) is 0 Å². The molecule has 0 aromatic carbocycles. The Balaban J connectivity index is 2.57. The van der Waals surface area contributed by atoms with Crippen LogP contribution in [0.5, 0.6) is 0 Å². The van der Waals surface area contributed by atoms with Gasteiger partial charge in [-0.2, -0.15) is 13.2 Å². The Morgan fingerprint density at radius 3 is 2.65 bits per heavy atom. The second-order valence-electron chi connectivity index (χ2n) is 3.41. The Labute approximate surface area is 94.0 Å². The molecule has 0 saturated carbocycles. The molecule has 0 fully saturated rings. The first-order valence-corrected chi connectivity index (χ1v) is 4.67. The van der Waals surface area contributed by atoms with Crippen molar-refractivity contribution in [1.82, 2.24) is 4.57 Å². The van der Waals surface area contributed by atoms with Crippen LogP contribution < -0.4 is 0 Å². The molecule has 0 bridgehead atoms. The van der Waals surface area contributed by atoms with Gasteiger partial charge in [-0.15, -0.1) is 0 Å². The van der Waals surface area contributed by atoms with Gasteiger partial charge in [0.2, 0.25) is 0 Å². The van der Waals surface area contributed by atoms with Crippen molar-refractivity contribution in [3.63, 3.8) is 0 Å². The maximum atomic E-state index is 11.8. The van der Waals surface area contributed by atoms with Crippen molar-refractivity contribution in [3.05, 3.63) is 28.4 Å². The van der Waals surface area contributed by atoms with Gasteiger partial charge in [-0.05, 0) is 11.0 Å². The molecule has 8 heteroatoms. The topological polar surface area (TPSA) is 65.1 Å². The molecule has 0 saturated heterocycles. The van der Waals surface area contributed by atoms with E-state index >= 15 is 0 Å². The van der Waals surface area contributed by atoms with E-state index in [1.807, 2.05) is 0 Å². The summed E-state index contributed by atoms with van der Waals surface area (Å²) in [5.74, 6) is -1.01. The van der Waals surface area contributed by atoms with Crippen molar-refractivity contribution in [1.29, 1.82) is 0 Å². The summed E-state index contributed by atoms with van der Waals surface area (Å²) in [6, 6.07) is 2.53.